The van der Waals surface area contributed by atoms with Gasteiger partial charge in [0.1, 0.15) is 12.1 Å². The van der Waals surface area contributed by atoms with Crippen LogP contribution in [0.25, 0.3) is 0 Å². The van der Waals surface area contributed by atoms with Crippen molar-refractivity contribution in [3.05, 3.63) is 0 Å². The Balaban J connectivity index is 4.75. The van der Waals surface area contributed by atoms with Crippen molar-refractivity contribution in [1.29, 1.82) is 0 Å². The van der Waals surface area contributed by atoms with Crippen molar-refractivity contribution >= 4 is 45.3 Å². The fourth-order valence-electron chi connectivity index (χ4n) is 1.39. The zero-order valence-electron chi connectivity index (χ0n) is 12.4. The van der Waals surface area contributed by atoms with E-state index in [2.05, 4.69) is 0 Å². The third-order valence-corrected chi connectivity index (χ3v) is 5.04. The summed E-state index contributed by atoms with van der Waals surface area (Å²) in [6, 6.07) is -2.33. The minimum absolute atomic E-state index is 0.0250. The molecular formula is C12H20N2O6S2. The van der Waals surface area contributed by atoms with E-state index >= 15 is 0 Å². The van der Waals surface area contributed by atoms with Crippen molar-refractivity contribution in [3.63, 3.8) is 0 Å². The number of rotatable bonds is 10. The van der Waals surface area contributed by atoms with Crippen LogP contribution in [0.1, 0.15) is 26.7 Å². The number of carboxylic acids is 2. The molecule has 22 heavy (non-hydrogen) atoms. The van der Waals surface area contributed by atoms with Crippen LogP contribution in [0.2, 0.25) is 0 Å². The molecule has 4 N–H and O–H groups in total. The van der Waals surface area contributed by atoms with E-state index in [1.807, 2.05) is 0 Å². The van der Waals surface area contributed by atoms with Gasteiger partial charge in [0.15, 0.2) is 0 Å². The summed E-state index contributed by atoms with van der Waals surface area (Å²) in [4.78, 5) is 46.3. The van der Waals surface area contributed by atoms with Gasteiger partial charge >= 0.3 is 11.9 Å². The van der Waals surface area contributed by atoms with Crippen molar-refractivity contribution in [3.8, 4) is 0 Å². The van der Waals surface area contributed by atoms with Crippen molar-refractivity contribution in [2.24, 2.45) is 5.73 Å². The normalized spacial score (nSPS) is 13.2. The standard InChI is InChI=1S/C12H20N2O6S2/c1-3-9(15)14(10(16)4-2)8(12(19)20)6-22-21-5-7(13)11(17)18/h7-8H,3-6,13H2,1-2H3,(H,17,18)(H,19,20)/t7-,8-/m0/s1. The molecule has 2 amide bonds. The Hall–Kier alpha value is -1.26. The van der Waals surface area contributed by atoms with E-state index in [4.69, 9.17) is 10.8 Å². The SMILES string of the molecule is CCC(=O)N(C(=O)CC)[C@@H](CSSC[C@H](N)C(=O)O)C(=O)O. The van der Waals surface area contributed by atoms with E-state index in [-0.39, 0.29) is 24.3 Å². The van der Waals surface area contributed by atoms with Crippen molar-refractivity contribution < 1.29 is 29.4 Å². The summed E-state index contributed by atoms with van der Waals surface area (Å²) >= 11 is 0. The number of carbonyl (C=O) groups is 4. The molecule has 0 aliphatic heterocycles. The van der Waals surface area contributed by atoms with Crippen LogP contribution in [-0.4, -0.2) is 62.5 Å². The van der Waals surface area contributed by atoms with Crippen LogP contribution in [0.5, 0.6) is 0 Å². The number of amides is 2. The Morgan fingerprint density at radius 1 is 0.955 bits per heavy atom. The molecule has 0 heterocycles. The number of imide groups is 1. The molecule has 2 atom stereocenters. The predicted octanol–water partition coefficient (Wildman–Crippen LogP) is 0.408. The van der Waals surface area contributed by atoms with Gasteiger partial charge < -0.3 is 15.9 Å². The predicted molar refractivity (Wildman–Crippen MR) is 84.4 cm³/mol. The molecule has 0 aliphatic carbocycles. The van der Waals surface area contributed by atoms with E-state index in [1.165, 1.54) is 0 Å². The van der Waals surface area contributed by atoms with Gasteiger partial charge in [0.25, 0.3) is 0 Å². The largest absolute Gasteiger partial charge is 0.480 e. The van der Waals surface area contributed by atoms with Crippen LogP contribution in [0, 0.1) is 0 Å². The Labute approximate surface area is 136 Å². The molecule has 0 aromatic rings. The maximum Gasteiger partial charge on any atom is 0.327 e. The number of hydrogen-bond donors (Lipinski definition) is 3. The third-order valence-electron chi connectivity index (χ3n) is 2.61. The Morgan fingerprint density at radius 3 is 1.77 bits per heavy atom. The quantitative estimate of drug-likeness (QED) is 0.377. The first-order chi connectivity index (χ1) is 10.3. The van der Waals surface area contributed by atoms with Crippen molar-refractivity contribution in [1.82, 2.24) is 4.90 Å². The highest BCUT2D eigenvalue weighted by Gasteiger charge is 2.33. The van der Waals surface area contributed by atoms with Gasteiger partial charge in [-0.15, -0.1) is 0 Å². The Bertz CT molecular complexity index is 416. The van der Waals surface area contributed by atoms with Gasteiger partial charge in [-0.2, -0.15) is 0 Å². The highest BCUT2D eigenvalue weighted by atomic mass is 33.1. The second-order valence-electron chi connectivity index (χ2n) is 4.23. The molecule has 0 rings (SSSR count). The zero-order valence-corrected chi connectivity index (χ0v) is 14.0. The van der Waals surface area contributed by atoms with E-state index in [1.54, 1.807) is 13.8 Å². The highest BCUT2D eigenvalue weighted by Crippen LogP contribution is 2.25. The van der Waals surface area contributed by atoms with Crippen molar-refractivity contribution in [2.75, 3.05) is 11.5 Å². The molecule has 0 saturated carbocycles. The van der Waals surface area contributed by atoms with Gasteiger partial charge in [-0.05, 0) is 0 Å². The summed E-state index contributed by atoms with van der Waals surface area (Å²) < 4.78 is 0. The fourth-order valence-corrected chi connectivity index (χ4v) is 3.69. The van der Waals surface area contributed by atoms with Gasteiger partial charge in [-0.3, -0.25) is 19.3 Å². The number of carbonyl (C=O) groups excluding carboxylic acids is 2. The number of nitrogens with two attached hydrogens (primary N) is 1. The molecule has 0 aromatic heterocycles. The topological polar surface area (TPSA) is 138 Å². The van der Waals surface area contributed by atoms with E-state index < -0.39 is 35.8 Å². The number of carboxylic acid groups (broad SMARTS) is 2. The van der Waals surface area contributed by atoms with Crippen LogP contribution >= 0.6 is 21.6 Å². The summed E-state index contributed by atoms with van der Waals surface area (Å²) in [6.07, 6.45) is 0.0500. The van der Waals surface area contributed by atoms with E-state index in [9.17, 15) is 24.3 Å². The van der Waals surface area contributed by atoms with Gasteiger partial charge in [-0.25, -0.2) is 4.79 Å². The second kappa shape index (κ2) is 10.5. The monoisotopic (exact) mass is 352 g/mol. The lowest BCUT2D eigenvalue weighted by Gasteiger charge is -2.26. The average molecular weight is 352 g/mol. The first-order valence-corrected chi connectivity index (χ1v) is 9.05. The molecule has 0 radical (unpaired) electrons. The zero-order chi connectivity index (χ0) is 17.3. The summed E-state index contributed by atoms with van der Waals surface area (Å²) in [7, 11) is 2.16. The lowest BCUT2D eigenvalue weighted by atomic mass is 10.2. The minimum Gasteiger partial charge on any atom is -0.480 e. The van der Waals surface area contributed by atoms with Gasteiger partial charge in [0.05, 0.1) is 0 Å². The lowest BCUT2D eigenvalue weighted by molar-refractivity contribution is -0.156. The smallest absolute Gasteiger partial charge is 0.327 e. The first-order valence-electron chi connectivity index (χ1n) is 6.56. The number of hydrogen-bond acceptors (Lipinski definition) is 7. The molecule has 8 nitrogen and oxygen atoms in total. The molecule has 0 aliphatic rings. The third kappa shape index (κ3) is 6.67. The van der Waals surface area contributed by atoms with Crippen LogP contribution in [0.15, 0.2) is 0 Å². The van der Waals surface area contributed by atoms with Gasteiger partial charge in [0.2, 0.25) is 11.8 Å². The molecular weight excluding hydrogens is 332 g/mol. The summed E-state index contributed by atoms with van der Waals surface area (Å²) in [6.45, 7) is 3.09. The Kier molecular flexibility index (Phi) is 9.86. The number of aliphatic carboxylic acids is 2. The fraction of sp³-hybridized carbons (Fsp3) is 0.667. The average Bonchev–Trinajstić information content (AvgIpc) is 2.48. The number of nitrogens with zero attached hydrogens (tertiary/aromatic N) is 1. The molecule has 126 valence electrons. The molecule has 0 aromatic carbocycles. The van der Waals surface area contributed by atoms with Gasteiger partial charge in [0, 0.05) is 24.3 Å². The Morgan fingerprint density at radius 2 is 1.41 bits per heavy atom. The molecule has 0 saturated heterocycles. The summed E-state index contributed by atoms with van der Waals surface area (Å²) in [5, 5.41) is 17.9. The molecule has 10 heteroatoms. The maximum atomic E-state index is 11.8. The first kappa shape index (κ1) is 20.7. The molecule has 0 fully saturated rings. The maximum absolute atomic E-state index is 11.8. The summed E-state index contributed by atoms with van der Waals surface area (Å²) in [5.41, 5.74) is 5.32. The van der Waals surface area contributed by atoms with Crippen LogP contribution in [-0.2, 0) is 19.2 Å². The van der Waals surface area contributed by atoms with Crippen LogP contribution in [0.4, 0.5) is 0 Å². The molecule has 0 spiro atoms. The van der Waals surface area contributed by atoms with Crippen LogP contribution < -0.4 is 5.73 Å². The summed E-state index contributed by atoms with van der Waals surface area (Å²) in [5.74, 6) is -3.47. The molecule has 0 bridgehead atoms. The van der Waals surface area contributed by atoms with Crippen molar-refractivity contribution in [2.45, 2.75) is 38.8 Å². The van der Waals surface area contributed by atoms with E-state index in [0.29, 0.717) is 0 Å². The van der Waals surface area contributed by atoms with Crippen LogP contribution in [0.3, 0.4) is 0 Å². The highest BCUT2D eigenvalue weighted by molar-refractivity contribution is 8.76. The second-order valence-corrected chi connectivity index (χ2v) is 6.78. The molecule has 0 unspecified atom stereocenters. The minimum atomic E-state index is -1.28. The van der Waals surface area contributed by atoms with Gasteiger partial charge in [-0.1, -0.05) is 35.4 Å². The lowest BCUT2D eigenvalue weighted by Crippen LogP contribution is -2.49. The van der Waals surface area contributed by atoms with E-state index in [0.717, 1.165) is 26.5 Å².